The molecule has 2 saturated heterocycles. The van der Waals surface area contributed by atoms with Gasteiger partial charge in [0.1, 0.15) is 13.2 Å². The number of nitrogens with zero attached hydrogens (tertiary/aromatic N) is 4. The maximum absolute atomic E-state index is 13.2. The van der Waals surface area contributed by atoms with E-state index in [0.717, 1.165) is 69.2 Å². The summed E-state index contributed by atoms with van der Waals surface area (Å²) in [6.07, 6.45) is 1.90. The van der Waals surface area contributed by atoms with Gasteiger partial charge < -0.3 is 19.3 Å². The zero-order valence-corrected chi connectivity index (χ0v) is 21.1. The van der Waals surface area contributed by atoms with Crippen LogP contribution in [0.25, 0.3) is 0 Å². The normalized spacial score (nSPS) is 20.1. The molecule has 0 bridgehead atoms. The van der Waals surface area contributed by atoms with Gasteiger partial charge in [-0.25, -0.2) is 0 Å². The van der Waals surface area contributed by atoms with Crippen LogP contribution in [0.5, 0.6) is 11.5 Å². The second-order valence-corrected chi connectivity index (χ2v) is 9.96. The summed E-state index contributed by atoms with van der Waals surface area (Å²) < 4.78 is 11.4. The Morgan fingerprint density at radius 2 is 1.61 bits per heavy atom. The van der Waals surface area contributed by atoms with Gasteiger partial charge in [0.05, 0.1) is 19.1 Å². The first-order chi connectivity index (χ1) is 17.6. The molecule has 2 aromatic rings. The summed E-state index contributed by atoms with van der Waals surface area (Å²) in [6.45, 7) is 6.45. The number of hydrogen-bond donors (Lipinski definition) is 0. The first-order valence-corrected chi connectivity index (χ1v) is 13.0. The van der Waals surface area contributed by atoms with Crippen molar-refractivity contribution in [2.75, 3.05) is 66.1 Å². The van der Waals surface area contributed by atoms with E-state index in [1.807, 2.05) is 46.0 Å². The third-order valence-corrected chi connectivity index (χ3v) is 7.31. The van der Waals surface area contributed by atoms with Crippen LogP contribution in [-0.4, -0.2) is 97.5 Å². The summed E-state index contributed by atoms with van der Waals surface area (Å²) in [5.41, 5.74) is 2.38. The van der Waals surface area contributed by atoms with E-state index < -0.39 is 0 Å². The summed E-state index contributed by atoms with van der Waals surface area (Å²) in [4.78, 5) is 34.2. The van der Waals surface area contributed by atoms with E-state index in [2.05, 4.69) is 29.2 Å². The third-order valence-electron chi connectivity index (χ3n) is 7.31. The molecule has 2 aromatic carbocycles. The van der Waals surface area contributed by atoms with Gasteiger partial charge in [0.25, 0.3) is 0 Å². The van der Waals surface area contributed by atoms with Crippen molar-refractivity contribution >= 4 is 11.8 Å². The first kappa shape index (κ1) is 24.6. The molecule has 0 aromatic heterocycles. The van der Waals surface area contributed by atoms with Crippen molar-refractivity contribution < 1.29 is 19.1 Å². The molecule has 0 spiro atoms. The lowest BCUT2D eigenvalue weighted by Gasteiger charge is -2.35. The van der Waals surface area contributed by atoms with Crippen molar-refractivity contribution in [1.29, 1.82) is 0 Å². The van der Waals surface area contributed by atoms with Gasteiger partial charge >= 0.3 is 0 Å². The van der Waals surface area contributed by atoms with E-state index in [4.69, 9.17) is 9.47 Å². The quantitative estimate of drug-likeness (QED) is 0.592. The summed E-state index contributed by atoms with van der Waals surface area (Å²) in [5, 5.41) is 0. The van der Waals surface area contributed by atoms with Crippen LogP contribution in [0.2, 0.25) is 0 Å². The Balaban J connectivity index is 1.10. The molecule has 0 radical (unpaired) electrons. The molecule has 3 aliphatic heterocycles. The Labute approximate surface area is 213 Å². The van der Waals surface area contributed by atoms with Gasteiger partial charge in [-0.1, -0.05) is 36.4 Å². The minimum atomic E-state index is 0.0371. The van der Waals surface area contributed by atoms with Gasteiger partial charge in [0.15, 0.2) is 11.5 Å². The maximum atomic E-state index is 13.2. The van der Waals surface area contributed by atoms with E-state index in [1.165, 1.54) is 5.56 Å². The fourth-order valence-corrected chi connectivity index (χ4v) is 5.38. The summed E-state index contributed by atoms with van der Waals surface area (Å²) in [7, 11) is 1.86. The molecule has 5 rings (SSSR count). The predicted molar refractivity (Wildman–Crippen MR) is 137 cm³/mol. The molecule has 192 valence electrons. The largest absolute Gasteiger partial charge is 0.486 e. The van der Waals surface area contributed by atoms with Gasteiger partial charge in [0.2, 0.25) is 11.8 Å². The van der Waals surface area contributed by atoms with Gasteiger partial charge in [-0.3, -0.25) is 19.4 Å². The van der Waals surface area contributed by atoms with Gasteiger partial charge in [-0.05, 0) is 43.1 Å². The van der Waals surface area contributed by atoms with Crippen LogP contribution in [0.4, 0.5) is 0 Å². The van der Waals surface area contributed by atoms with Crippen LogP contribution in [0.3, 0.4) is 0 Å². The molecule has 3 aliphatic rings. The Kier molecular flexibility index (Phi) is 7.72. The molecule has 3 heterocycles. The van der Waals surface area contributed by atoms with Gasteiger partial charge in [0, 0.05) is 39.3 Å². The zero-order valence-electron chi connectivity index (χ0n) is 21.1. The van der Waals surface area contributed by atoms with Crippen LogP contribution in [0.1, 0.15) is 30.0 Å². The molecule has 0 unspecified atom stereocenters. The average Bonchev–Trinajstić information content (AvgIpc) is 3.40. The number of amides is 2. The first-order valence-electron chi connectivity index (χ1n) is 13.0. The number of hydrogen-bond acceptors (Lipinski definition) is 6. The summed E-state index contributed by atoms with van der Waals surface area (Å²) in [6, 6.07) is 16.5. The highest BCUT2D eigenvalue weighted by molar-refractivity contribution is 5.81. The molecule has 0 saturated carbocycles. The number of benzene rings is 2. The third kappa shape index (κ3) is 5.82. The highest BCUT2D eigenvalue weighted by Gasteiger charge is 2.32. The number of likely N-dealkylation sites (tertiary alicyclic amines) is 1. The second-order valence-electron chi connectivity index (χ2n) is 9.96. The molecule has 8 nitrogen and oxygen atoms in total. The van der Waals surface area contributed by atoms with Gasteiger partial charge in [-0.15, -0.1) is 0 Å². The van der Waals surface area contributed by atoms with Crippen molar-refractivity contribution in [3.8, 4) is 11.5 Å². The van der Waals surface area contributed by atoms with Crippen molar-refractivity contribution in [2.24, 2.45) is 0 Å². The van der Waals surface area contributed by atoms with Crippen LogP contribution >= 0.6 is 0 Å². The number of ether oxygens (including phenoxy) is 2. The molecule has 36 heavy (non-hydrogen) atoms. The Morgan fingerprint density at radius 3 is 2.39 bits per heavy atom. The maximum Gasteiger partial charge on any atom is 0.237 e. The van der Waals surface area contributed by atoms with Crippen molar-refractivity contribution in [2.45, 2.75) is 25.4 Å². The number of fused-ring (bicyclic) bond motifs is 1. The summed E-state index contributed by atoms with van der Waals surface area (Å²) in [5.74, 6) is 1.68. The lowest BCUT2D eigenvalue weighted by molar-refractivity contribution is -0.136. The summed E-state index contributed by atoms with van der Waals surface area (Å²) >= 11 is 0. The predicted octanol–water partition coefficient (Wildman–Crippen LogP) is 2.40. The van der Waals surface area contributed by atoms with E-state index in [0.29, 0.717) is 13.2 Å². The number of carbonyl (C=O) groups is 2. The van der Waals surface area contributed by atoms with E-state index in [1.54, 1.807) is 0 Å². The van der Waals surface area contributed by atoms with Gasteiger partial charge in [-0.2, -0.15) is 0 Å². The number of rotatable bonds is 7. The average molecular weight is 493 g/mol. The molecule has 0 aliphatic carbocycles. The van der Waals surface area contributed by atoms with Crippen LogP contribution in [0.15, 0.2) is 48.5 Å². The molecule has 0 N–H and O–H groups in total. The minimum absolute atomic E-state index is 0.0371. The minimum Gasteiger partial charge on any atom is -0.486 e. The lowest BCUT2D eigenvalue weighted by atomic mass is 10.0. The highest BCUT2D eigenvalue weighted by atomic mass is 16.6. The second kappa shape index (κ2) is 11.3. The smallest absolute Gasteiger partial charge is 0.237 e. The van der Waals surface area contributed by atoms with Crippen molar-refractivity contribution in [3.05, 3.63) is 59.7 Å². The zero-order chi connectivity index (χ0) is 24.9. The van der Waals surface area contributed by atoms with Crippen LogP contribution in [-0.2, 0) is 16.1 Å². The fourth-order valence-electron chi connectivity index (χ4n) is 5.38. The molecule has 8 heteroatoms. The fraction of sp³-hybridized carbons (Fsp3) is 0.500. The molecular weight excluding hydrogens is 456 g/mol. The monoisotopic (exact) mass is 492 g/mol. The molecule has 2 fully saturated rings. The number of piperazine rings is 1. The van der Waals surface area contributed by atoms with E-state index in [9.17, 15) is 9.59 Å². The highest BCUT2D eigenvalue weighted by Crippen LogP contribution is 2.38. The molecule has 2 amide bonds. The standard InChI is InChI=1S/C28H36N4O4/c1-29(20-27(33)31-14-12-30(13-15-31)19-22-6-3-2-4-7-22)21-28(34)32-11-5-8-24(32)23-9-10-25-26(18-23)36-17-16-35-25/h2-4,6-7,9-10,18,24H,5,8,11-17,19-21H2,1H3/t24-/m0/s1. The van der Waals surface area contributed by atoms with Crippen molar-refractivity contribution in [3.63, 3.8) is 0 Å². The van der Waals surface area contributed by atoms with Crippen LogP contribution in [0, 0.1) is 0 Å². The van der Waals surface area contributed by atoms with E-state index >= 15 is 0 Å². The van der Waals surface area contributed by atoms with Crippen LogP contribution < -0.4 is 9.47 Å². The lowest BCUT2D eigenvalue weighted by Crippen LogP contribution is -2.51. The van der Waals surface area contributed by atoms with E-state index in [-0.39, 0.29) is 30.9 Å². The van der Waals surface area contributed by atoms with Crippen molar-refractivity contribution in [1.82, 2.24) is 19.6 Å². The molecular formula is C28H36N4O4. The number of likely N-dealkylation sites (N-methyl/N-ethyl adjacent to an activating group) is 1. The Hall–Kier alpha value is -3.10. The molecule has 1 atom stereocenters. The topological polar surface area (TPSA) is 65.6 Å². The SMILES string of the molecule is CN(CC(=O)N1CCN(Cc2ccccc2)CC1)CC(=O)N1CCC[C@H]1c1ccc2c(c1)OCCO2. The Morgan fingerprint density at radius 1 is 0.889 bits per heavy atom. The Bertz CT molecular complexity index is 1050. The number of carbonyl (C=O) groups excluding carboxylic acids is 2.